The Morgan fingerprint density at radius 2 is 2.06 bits per heavy atom. The zero-order valence-corrected chi connectivity index (χ0v) is 11.5. The third-order valence-corrected chi connectivity index (χ3v) is 3.45. The number of nitrogens with one attached hydrogen (secondary N) is 2. The molecule has 0 heterocycles. The lowest BCUT2D eigenvalue weighted by molar-refractivity contribution is -0.120. The van der Waals surface area contributed by atoms with Gasteiger partial charge in [-0.05, 0) is 40.0 Å². The van der Waals surface area contributed by atoms with Crippen molar-refractivity contribution in [2.75, 3.05) is 13.2 Å². The van der Waals surface area contributed by atoms with Gasteiger partial charge < -0.3 is 15.7 Å². The molecule has 0 saturated heterocycles. The van der Waals surface area contributed by atoms with E-state index in [0.717, 1.165) is 25.8 Å². The largest absolute Gasteiger partial charge is 0.396 e. The molecule has 1 aliphatic carbocycles. The van der Waals surface area contributed by atoms with Crippen molar-refractivity contribution in [2.45, 2.75) is 58.5 Å². The summed E-state index contributed by atoms with van der Waals surface area (Å²) in [6, 6.07) is 0.334. The molecule has 1 atom stereocenters. The molecule has 3 N–H and O–H groups in total. The van der Waals surface area contributed by atoms with Crippen LogP contribution >= 0.6 is 0 Å². The lowest BCUT2D eigenvalue weighted by Gasteiger charge is -2.30. The van der Waals surface area contributed by atoms with Crippen molar-refractivity contribution in [3.63, 3.8) is 0 Å². The molecule has 17 heavy (non-hydrogen) atoms. The van der Waals surface area contributed by atoms with Crippen LogP contribution in [0.1, 0.15) is 47.0 Å². The first kappa shape index (κ1) is 14.5. The average molecular weight is 242 g/mol. The van der Waals surface area contributed by atoms with Crippen molar-refractivity contribution < 1.29 is 9.90 Å². The van der Waals surface area contributed by atoms with E-state index in [9.17, 15) is 9.90 Å². The third-order valence-electron chi connectivity index (χ3n) is 3.45. The van der Waals surface area contributed by atoms with Gasteiger partial charge in [-0.25, -0.2) is 0 Å². The molecule has 1 saturated carbocycles. The fourth-order valence-corrected chi connectivity index (χ4v) is 2.32. The predicted octanol–water partition coefficient (Wildman–Crippen LogP) is 1.04. The first-order valence-electron chi connectivity index (χ1n) is 6.42. The molecule has 1 rings (SSSR count). The quantitative estimate of drug-likeness (QED) is 0.625. The maximum Gasteiger partial charge on any atom is 0.217 e. The van der Waals surface area contributed by atoms with Gasteiger partial charge in [0.25, 0.3) is 0 Å². The molecule has 0 bridgehead atoms. The van der Waals surface area contributed by atoms with Gasteiger partial charge >= 0.3 is 0 Å². The molecule has 0 spiro atoms. The number of rotatable bonds is 7. The van der Waals surface area contributed by atoms with Gasteiger partial charge in [-0.3, -0.25) is 4.79 Å². The summed E-state index contributed by atoms with van der Waals surface area (Å²) < 4.78 is 0. The fraction of sp³-hybridized carbons (Fsp3) is 0.923. The summed E-state index contributed by atoms with van der Waals surface area (Å²) >= 11 is 0. The minimum atomic E-state index is -0.186. The maximum absolute atomic E-state index is 11.0. The van der Waals surface area contributed by atoms with Crippen LogP contribution in [0.3, 0.4) is 0 Å². The predicted molar refractivity (Wildman–Crippen MR) is 68.7 cm³/mol. The topological polar surface area (TPSA) is 61.4 Å². The Hall–Kier alpha value is -0.610. The zero-order valence-electron chi connectivity index (χ0n) is 11.5. The van der Waals surface area contributed by atoms with Crippen LogP contribution in [0.2, 0.25) is 0 Å². The van der Waals surface area contributed by atoms with Gasteiger partial charge in [-0.1, -0.05) is 0 Å². The van der Waals surface area contributed by atoms with Gasteiger partial charge in [-0.2, -0.15) is 0 Å². The smallest absolute Gasteiger partial charge is 0.217 e. The van der Waals surface area contributed by atoms with Gasteiger partial charge in [-0.15, -0.1) is 0 Å². The van der Waals surface area contributed by atoms with Crippen molar-refractivity contribution in [1.29, 1.82) is 0 Å². The van der Waals surface area contributed by atoms with Crippen molar-refractivity contribution in [1.82, 2.24) is 10.6 Å². The SMILES string of the molecule is CC(=O)NC(C)(C)C[C@H](C)NCC1(CO)CC1. The Morgan fingerprint density at radius 3 is 2.47 bits per heavy atom. The number of carbonyl (C=O) groups excluding carboxylic acids is 1. The molecule has 1 aliphatic rings. The fourth-order valence-electron chi connectivity index (χ4n) is 2.32. The monoisotopic (exact) mass is 242 g/mol. The summed E-state index contributed by atoms with van der Waals surface area (Å²) in [5, 5.41) is 15.6. The molecular weight excluding hydrogens is 216 g/mol. The molecule has 4 heteroatoms. The number of hydrogen-bond acceptors (Lipinski definition) is 3. The van der Waals surface area contributed by atoms with Crippen molar-refractivity contribution in [2.24, 2.45) is 5.41 Å². The highest BCUT2D eigenvalue weighted by atomic mass is 16.3. The van der Waals surface area contributed by atoms with E-state index in [1.165, 1.54) is 0 Å². The van der Waals surface area contributed by atoms with Crippen LogP contribution in [-0.2, 0) is 4.79 Å². The molecule has 1 amide bonds. The van der Waals surface area contributed by atoms with Crippen LogP contribution in [-0.4, -0.2) is 35.7 Å². The summed E-state index contributed by atoms with van der Waals surface area (Å²) in [4.78, 5) is 11.0. The first-order valence-corrected chi connectivity index (χ1v) is 6.42. The van der Waals surface area contributed by atoms with Gasteiger partial charge in [0, 0.05) is 37.1 Å². The minimum absolute atomic E-state index is 0.0104. The molecule has 0 aliphatic heterocycles. The van der Waals surface area contributed by atoms with E-state index in [0.29, 0.717) is 6.04 Å². The second-order valence-corrected chi connectivity index (χ2v) is 6.21. The van der Waals surface area contributed by atoms with E-state index >= 15 is 0 Å². The summed E-state index contributed by atoms with van der Waals surface area (Å²) in [6.07, 6.45) is 3.13. The lowest BCUT2D eigenvalue weighted by Crippen LogP contribution is -2.47. The summed E-state index contributed by atoms with van der Waals surface area (Å²) in [5.74, 6) is 0.0104. The third kappa shape index (κ3) is 5.04. The second-order valence-electron chi connectivity index (χ2n) is 6.21. The highest BCUT2D eigenvalue weighted by molar-refractivity contribution is 5.73. The van der Waals surface area contributed by atoms with E-state index in [1.807, 2.05) is 13.8 Å². The Labute approximate surface area is 104 Å². The molecule has 1 fully saturated rings. The normalized spacial score (nSPS) is 19.8. The molecule has 0 aromatic heterocycles. The number of amides is 1. The molecular formula is C13H26N2O2. The summed E-state index contributed by atoms with van der Waals surface area (Å²) in [5.41, 5.74) is -0.0411. The van der Waals surface area contributed by atoms with Crippen LogP contribution in [0.5, 0.6) is 0 Å². The van der Waals surface area contributed by atoms with E-state index in [1.54, 1.807) is 6.92 Å². The van der Waals surface area contributed by atoms with E-state index in [4.69, 9.17) is 0 Å². The van der Waals surface area contributed by atoms with Crippen molar-refractivity contribution in [3.8, 4) is 0 Å². The molecule has 0 radical (unpaired) electrons. The van der Waals surface area contributed by atoms with Gasteiger partial charge in [0.15, 0.2) is 0 Å². The summed E-state index contributed by atoms with van der Waals surface area (Å²) in [6.45, 7) is 8.89. The number of aliphatic hydroxyl groups excluding tert-OH is 1. The van der Waals surface area contributed by atoms with Crippen LogP contribution in [0.4, 0.5) is 0 Å². The van der Waals surface area contributed by atoms with Gasteiger partial charge in [0.1, 0.15) is 0 Å². The van der Waals surface area contributed by atoms with E-state index < -0.39 is 0 Å². The molecule has 0 unspecified atom stereocenters. The number of aliphatic hydroxyl groups is 1. The Morgan fingerprint density at radius 1 is 1.47 bits per heavy atom. The molecule has 4 nitrogen and oxygen atoms in total. The van der Waals surface area contributed by atoms with Gasteiger partial charge in [0.2, 0.25) is 5.91 Å². The molecule has 100 valence electrons. The Balaban J connectivity index is 2.28. The van der Waals surface area contributed by atoms with Crippen LogP contribution in [0.15, 0.2) is 0 Å². The van der Waals surface area contributed by atoms with Crippen molar-refractivity contribution in [3.05, 3.63) is 0 Å². The standard InChI is InChI=1S/C13H26N2O2/c1-10(7-12(3,4)15-11(2)17)14-8-13(9-16)5-6-13/h10,14,16H,5-9H2,1-4H3,(H,15,17)/t10-/m0/s1. The minimum Gasteiger partial charge on any atom is -0.396 e. The Kier molecular flexibility index (Phi) is 4.55. The number of carbonyl (C=O) groups is 1. The van der Waals surface area contributed by atoms with Gasteiger partial charge in [0.05, 0.1) is 0 Å². The lowest BCUT2D eigenvalue weighted by atomic mass is 9.95. The average Bonchev–Trinajstić information content (AvgIpc) is 2.92. The number of hydrogen-bond donors (Lipinski definition) is 3. The zero-order chi connectivity index (χ0) is 13.1. The second kappa shape index (κ2) is 5.36. The molecule has 0 aromatic rings. The molecule has 0 aromatic carbocycles. The van der Waals surface area contributed by atoms with Crippen LogP contribution < -0.4 is 10.6 Å². The van der Waals surface area contributed by atoms with Crippen LogP contribution in [0.25, 0.3) is 0 Å². The highest BCUT2D eigenvalue weighted by Gasteiger charge is 2.41. The van der Waals surface area contributed by atoms with Crippen molar-refractivity contribution >= 4 is 5.91 Å². The highest BCUT2D eigenvalue weighted by Crippen LogP contribution is 2.44. The summed E-state index contributed by atoms with van der Waals surface area (Å²) in [7, 11) is 0. The maximum atomic E-state index is 11.0. The van der Waals surface area contributed by atoms with Crippen LogP contribution in [0, 0.1) is 5.41 Å². The Bertz CT molecular complexity index is 273. The first-order chi connectivity index (χ1) is 7.79. The van der Waals surface area contributed by atoms with E-state index in [-0.39, 0.29) is 23.5 Å². The van der Waals surface area contributed by atoms with E-state index in [2.05, 4.69) is 17.6 Å².